The first kappa shape index (κ1) is 12.5. The molecule has 0 aromatic heterocycles. The summed E-state index contributed by atoms with van der Waals surface area (Å²) in [6.45, 7) is 0.649. The van der Waals surface area contributed by atoms with Gasteiger partial charge >= 0.3 is 0 Å². The van der Waals surface area contributed by atoms with Crippen molar-refractivity contribution in [2.45, 2.75) is 6.54 Å². The van der Waals surface area contributed by atoms with Crippen LogP contribution in [0.15, 0.2) is 21.1 Å². The minimum atomic E-state index is -0.396. The molecule has 4 N–H and O–H groups in total. The number of hydrogen-bond donors (Lipinski definition) is 3. The van der Waals surface area contributed by atoms with Gasteiger partial charge in [0.05, 0.1) is 15.5 Å². The zero-order valence-electron chi connectivity index (χ0n) is 7.76. The molecule has 82 valence electrons. The highest BCUT2D eigenvalue weighted by Gasteiger charge is 2.05. The molecule has 1 amide bonds. The summed E-state index contributed by atoms with van der Waals surface area (Å²) in [6, 6.07) is 3.54. The van der Waals surface area contributed by atoms with Crippen LogP contribution in [0.5, 0.6) is 5.75 Å². The molecule has 0 fully saturated rings. The van der Waals surface area contributed by atoms with Gasteiger partial charge in [-0.05, 0) is 49.6 Å². The molecule has 1 aromatic carbocycles. The third-order valence-corrected chi connectivity index (χ3v) is 2.91. The lowest BCUT2D eigenvalue weighted by Crippen LogP contribution is -2.28. The monoisotopic (exact) mass is 336 g/mol. The van der Waals surface area contributed by atoms with Crippen LogP contribution in [0.4, 0.5) is 0 Å². The summed E-state index contributed by atoms with van der Waals surface area (Å²) in [6.07, 6.45) is 0. The molecule has 1 rings (SSSR count). The van der Waals surface area contributed by atoms with Crippen molar-refractivity contribution in [3.8, 4) is 5.75 Å². The summed E-state index contributed by atoms with van der Waals surface area (Å²) in [4.78, 5) is 10.5. The molecule has 0 radical (unpaired) electrons. The minimum absolute atomic E-state index is 0.135. The first-order valence-electron chi connectivity index (χ1n) is 4.16. The summed E-state index contributed by atoms with van der Waals surface area (Å²) in [5, 5.41) is 12.3. The Balaban J connectivity index is 2.66. The van der Waals surface area contributed by atoms with E-state index in [0.29, 0.717) is 15.5 Å². The summed E-state index contributed by atoms with van der Waals surface area (Å²) < 4.78 is 1.21. The fraction of sp³-hybridized carbons (Fsp3) is 0.222. The van der Waals surface area contributed by atoms with Crippen LogP contribution in [0, 0.1) is 0 Å². The average molecular weight is 338 g/mol. The second kappa shape index (κ2) is 5.48. The van der Waals surface area contributed by atoms with Gasteiger partial charge in [-0.25, -0.2) is 0 Å². The normalized spacial score (nSPS) is 10.3. The Hall–Kier alpha value is -0.590. The molecule has 0 spiro atoms. The van der Waals surface area contributed by atoms with Crippen molar-refractivity contribution in [1.29, 1.82) is 0 Å². The molecular formula is C9H10Br2N2O2. The zero-order valence-corrected chi connectivity index (χ0v) is 10.9. The number of nitrogens with one attached hydrogen (secondary N) is 1. The number of amides is 1. The molecule has 0 aliphatic rings. The molecule has 0 aliphatic carbocycles. The van der Waals surface area contributed by atoms with Crippen molar-refractivity contribution in [2.75, 3.05) is 6.54 Å². The Morgan fingerprint density at radius 3 is 2.40 bits per heavy atom. The number of aromatic hydroxyl groups is 1. The Bertz CT molecular complexity index is 359. The van der Waals surface area contributed by atoms with E-state index in [0.717, 1.165) is 5.56 Å². The van der Waals surface area contributed by atoms with Crippen LogP contribution in [-0.2, 0) is 11.3 Å². The van der Waals surface area contributed by atoms with Gasteiger partial charge in [0.25, 0.3) is 0 Å². The van der Waals surface area contributed by atoms with Gasteiger partial charge < -0.3 is 16.2 Å². The number of phenols is 1. The van der Waals surface area contributed by atoms with Gasteiger partial charge in [0.15, 0.2) is 0 Å². The van der Waals surface area contributed by atoms with Crippen LogP contribution >= 0.6 is 31.9 Å². The zero-order chi connectivity index (χ0) is 11.4. The molecule has 15 heavy (non-hydrogen) atoms. The third-order valence-electron chi connectivity index (χ3n) is 1.71. The van der Waals surface area contributed by atoms with Crippen LogP contribution in [-0.4, -0.2) is 17.6 Å². The number of benzene rings is 1. The number of phenolic OH excluding ortho intramolecular Hbond substituents is 1. The molecule has 0 saturated heterocycles. The number of rotatable bonds is 4. The lowest BCUT2D eigenvalue weighted by atomic mass is 10.2. The van der Waals surface area contributed by atoms with Gasteiger partial charge in [0, 0.05) is 6.54 Å². The summed E-state index contributed by atoms with van der Waals surface area (Å²) in [7, 11) is 0. The largest absolute Gasteiger partial charge is 0.506 e. The van der Waals surface area contributed by atoms with E-state index in [2.05, 4.69) is 37.2 Å². The second-order valence-corrected chi connectivity index (χ2v) is 4.69. The van der Waals surface area contributed by atoms with E-state index in [1.54, 1.807) is 12.1 Å². The Morgan fingerprint density at radius 2 is 1.93 bits per heavy atom. The minimum Gasteiger partial charge on any atom is -0.506 e. The standard InChI is InChI=1S/C9H10Br2N2O2/c10-6-1-5(2-7(11)9(6)15)3-13-4-8(12)14/h1-2,13,15H,3-4H2,(H2,12,14). The molecule has 0 unspecified atom stereocenters. The fourth-order valence-electron chi connectivity index (χ4n) is 1.05. The molecule has 0 heterocycles. The Kier molecular flexibility index (Phi) is 4.56. The third kappa shape index (κ3) is 3.81. The van der Waals surface area contributed by atoms with Gasteiger partial charge in [-0.15, -0.1) is 0 Å². The molecule has 0 saturated carbocycles. The molecule has 6 heteroatoms. The number of hydrogen-bond acceptors (Lipinski definition) is 3. The summed E-state index contributed by atoms with van der Waals surface area (Å²) in [5.74, 6) is -0.236. The van der Waals surface area contributed by atoms with E-state index < -0.39 is 5.91 Å². The van der Waals surface area contributed by atoms with E-state index >= 15 is 0 Å². The number of halogens is 2. The average Bonchev–Trinajstić information content (AvgIpc) is 2.13. The summed E-state index contributed by atoms with van der Waals surface area (Å²) >= 11 is 6.44. The van der Waals surface area contributed by atoms with E-state index in [4.69, 9.17) is 5.73 Å². The topological polar surface area (TPSA) is 75.4 Å². The number of nitrogens with two attached hydrogens (primary N) is 1. The van der Waals surface area contributed by atoms with Gasteiger partial charge in [0.1, 0.15) is 5.75 Å². The molecule has 0 bridgehead atoms. The highest BCUT2D eigenvalue weighted by Crippen LogP contribution is 2.33. The van der Waals surface area contributed by atoms with Crippen LogP contribution in [0.2, 0.25) is 0 Å². The van der Waals surface area contributed by atoms with E-state index in [1.807, 2.05) is 0 Å². The number of carbonyl (C=O) groups is 1. The molecule has 0 aliphatic heterocycles. The highest BCUT2D eigenvalue weighted by molar-refractivity contribution is 9.11. The van der Waals surface area contributed by atoms with Crippen molar-refractivity contribution in [3.05, 3.63) is 26.6 Å². The van der Waals surface area contributed by atoms with Gasteiger partial charge in [0.2, 0.25) is 5.91 Å². The lowest BCUT2D eigenvalue weighted by molar-refractivity contribution is -0.117. The summed E-state index contributed by atoms with van der Waals surface area (Å²) in [5.41, 5.74) is 5.92. The van der Waals surface area contributed by atoms with Crippen molar-refractivity contribution < 1.29 is 9.90 Å². The number of carbonyl (C=O) groups excluding carboxylic acids is 1. The van der Waals surface area contributed by atoms with E-state index in [9.17, 15) is 9.90 Å². The van der Waals surface area contributed by atoms with Gasteiger partial charge in [-0.1, -0.05) is 0 Å². The second-order valence-electron chi connectivity index (χ2n) is 2.98. The van der Waals surface area contributed by atoms with Crippen LogP contribution < -0.4 is 11.1 Å². The molecule has 0 atom stereocenters. The van der Waals surface area contributed by atoms with Crippen LogP contribution in [0.25, 0.3) is 0 Å². The van der Waals surface area contributed by atoms with Crippen molar-refractivity contribution in [1.82, 2.24) is 5.32 Å². The van der Waals surface area contributed by atoms with Gasteiger partial charge in [-0.2, -0.15) is 0 Å². The van der Waals surface area contributed by atoms with Gasteiger partial charge in [-0.3, -0.25) is 4.79 Å². The Labute approximate surface area is 104 Å². The molecule has 4 nitrogen and oxygen atoms in total. The lowest BCUT2D eigenvalue weighted by Gasteiger charge is -2.06. The van der Waals surface area contributed by atoms with Crippen molar-refractivity contribution in [3.63, 3.8) is 0 Å². The maximum Gasteiger partial charge on any atom is 0.231 e. The van der Waals surface area contributed by atoms with Crippen LogP contribution in [0.1, 0.15) is 5.56 Å². The van der Waals surface area contributed by atoms with E-state index in [-0.39, 0.29) is 12.3 Å². The molecular weight excluding hydrogens is 328 g/mol. The highest BCUT2D eigenvalue weighted by atomic mass is 79.9. The first-order chi connectivity index (χ1) is 7.00. The quantitative estimate of drug-likeness (QED) is 0.779. The van der Waals surface area contributed by atoms with Crippen molar-refractivity contribution in [2.24, 2.45) is 5.73 Å². The predicted molar refractivity (Wildman–Crippen MR) is 64.4 cm³/mol. The molecule has 1 aromatic rings. The SMILES string of the molecule is NC(=O)CNCc1cc(Br)c(O)c(Br)c1. The first-order valence-corrected chi connectivity index (χ1v) is 5.75. The predicted octanol–water partition coefficient (Wildman–Crippen LogP) is 1.49. The van der Waals surface area contributed by atoms with E-state index in [1.165, 1.54) is 0 Å². The number of primary amides is 1. The maximum atomic E-state index is 10.5. The van der Waals surface area contributed by atoms with Crippen molar-refractivity contribution >= 4 is 37.8 Å². The van der Waals surface area contributed by atoms with Crippen LogP contribution in [0.3, 0.4) is 0 Å². The maximum absolute atomic E-state index is 10.5. The fourth-order valence-corrected chi connectivity index (χ4v) is 2.33. The smallest absolute Gasteiger partial charge is 0.231 e. The Morgan fingerprint density at radius 1 is 1.40 bits per heavy atom.